The molecule has 18 heavy (non-hydrogen) atoms. The van der Waals surface area contributed by atoms with Gasteiger partial charge in [-0.15, -0.1) is 0 Å². The van der Waals surface area contributed by atoms with E-state index in [1.54, 1.807) is 0 Å². The Hall–Kier alpha value is -1.08. The zero-order valence-corrected chi connectivity index (χ0v) is 12.1. The fourth-order valence-electron chi connectivity index (χ4n) is 2.50. The molecule has 1 rings (SSSR count). The van der Waals surface area contributed by atoms with Crippen LogP contribution in [-0.2, 0) is 4.79 Å². The zero-order valence-electron chi connectivity index (χ0n) is 12.1. The Balaban J connectivity index is 2.68. The lowest BCUT2D eigenvalue weighted by Gasteiger charge is -2.39. The normalized spacial score (nSPS) is 17.9. The molecule has 0 atom stereocenters. The molecule has 0 saturated carbocycles. The van der Waals surface area contributed by atoms with Crippen molar-refractivity contribution >= 4 is 5.91 Å². The van der Waals surface area contributed by atoms with E-state index in [0.717, 1.165) is 26.2 Å². The molecule has 0 N–H and O–H groups in total. The fourth-order valence-corrected chi connectivity index (χ4v) is 2.50. The van der Waals surface area contributed by atoms with E-state index in [-0.39, 0.29) is 5.91 Å². The van der Waals surface area contributed by atoms with Crippen LogP contribution in [0, 0.1) is 16.7 Å². The Bertz CT molecular complexity index is 320. The predicted molar refractivity (Wildman–Crippen MR) is 71.9 cm³/mol. The summed E-state index contributed by atoms with van der Waals surface area (Å²) in [4.78, 5) is 16.7. The topological polar surface area (TPSA) is 47.3 Å². The van der Waals surface area contributed by atoms with E-state index in [1.807, 2.05) is 18.7 Å². The molecule has 0 spiro atoms. The minimum atomic E-state index is -0.806. The third kappa shape index (κ3) is 2.84. The van der Waals surface area contributed by atoms with Crippen LogP contribution in [0.3, 0.4) is 0 Å². The summed E-state index contributed by atoms with van der Waals surface area (Å²) in [5, 5.41) is 9.31. The zero-order chi connectivity index (χ0) is 13.8. The highest BCUT2D eigenvalue weighted by atomic mass is 16.2. The molecule has 0 unspecified atom stereocenters. The van der Waals surface area contributed by atoms with Crippen molar-refractivity contribution in [2.24, 2.45) is 5.41 Å². The van der Waals surface area contributed by atoms with Gasteiger partial charge in [0.15, 0.2) is 0 Å². The number of nitrogens with zero attached hydrogens (tertiary/aromatic N) is 3. The van der Waals surface area contributed by atoms with Crippen molar-refractivity contribution in [2.45, 2.75) is 46.6 Å². The van der Waals surface area contributed by atoms with E-state index >= 15 is 0 Å². The van der Waals surface area contributed by atoms with E-state index in [2.05, 4.69) is 24.8 Å². The van der Waals surface area contributed by atoms with Gasteiger partial charge in [-0.3, -0.25) is 9.69 Å². The molecule has 0 bridgehead atoms. The van der Waals surface area contributed by atoms with Crippen LogP contribution in [0.15, 0.2) is 0 Å². The van der Waals surface area contributed by atoms with Crippen molar-refractivity contribution < 1.29 is 4.79 Å². The number of carbonyl (C=O) groups excluding carboxylic acids is 1. The van der Waals surface area contributed by atoms with Crippen LogP contribution in [0.1, 0.15) is 40.5 Å². The van der Waals surface area contributed by atoms with Crippen LogP contribution in [0.2, 0.25) is 0 Å². The predicted octanol–water partition coefficient (Wildman–Crippen LogP) is 1.87. The first-order valence-electron chi connectivity index (χ1n) is 6.95. The molecule has 0 radical (unpaired) electrons. The van der Waals surface area contributed by atoms with Crippen molar-refractivity contribution in [1.29, 1.82) is 5.26 Å². The van der Waals surface area contributed by atoms with E-state index in [4.69, 9.17) is 0 Å². The third-order valence-electron chi connectivity index (χ3n) is 4.16. The van der Waals surface area contributed by atoms with Gasteiger partial charge in [0.25, 0.3) is 0 Å². The first-order chi connectivity index (χ1) is 8.50. The summed E-state index contributed by atoms with van der Waals surface area (Å²) in [6.07, 6.45) is 1.20. The van der Waals surface area contributed by atoms with E-state index in [1.165, 1.54) is 0 Å². The lowest BCUT2D eigenvalue weighted by molar-refractivity contribution is -0.141. The van der Waals surface area contributed by atoms with Crippen LogP contribution in [-0.4, -0.2) is 47.9 Å². The number of piperazine rings is 1. The summed E-state index contributed by atoms with van der Waals surface area (Å²) in [7, 11) is 0. The molecule has 0 aromatic carbocycles. The first-order valence-corrected chi connectivity index (χ1v) is 6.95. The van der Waals surface area contributed by atoms with Crippen LogP contribution in [0.4, 0.5) is 0 Å². The average Bonchev–Trinajstić information content (AvgIpc) is 2.41. The summed E-state index contributed by atoms with van der Waals surface area (Å²) in [6.45, 7) is 11.5. The van der Waals surface area contributed by atoms with Crippen molar-refractivity contribution in [2.75, 3.05) is 26.2 Å². The summed E-state index contributed by atoms with van der Waals surface area (Å²) < 4.78 is 0. The van der Waals surface area contributed by atoms with E-state index < -0.39 is 5.41 Å². The van der Waals surface area contributed by atoms with Crippen molar-refractivity contribution in [3.05, 3.63) is 0 Å². The molecule has 1 heterocycles. The number of carbonyl (C=O) groups is 1. The Morgan fingerprint density at radius 3 is 2.06 bits per heavy atom. The van der Waals surface area contributed by atoms with Gasteiger partial charge in [0.05, 0.1) is 6.07 Å². The standard InChI is InChI=1S/C14H25N3O/c1-5-14(6-2,11-15)13(18)17-9-7-16(8-10-17)12(3)4/h12H,5-10H2,1-4H3. The van der Waals surface area contributed by atoms with E-state index in [9.17, 15) is 10.1 Å². The van der Waals surface area contributed by atoms with Crippen LogP contribution < -0.4 is 0 Å². The minimum Gasteiger partial charge on any atom is -0.339 e. The molecule has 1 fully saturated rings. The van der Waals surface area contributed by atoms with Crippen molar-refractivity contribution in [3.8, 4) is 6.07 Å². The molecule has 0 aromatic rings. The van der Waals surface area contributed by atoms with Gasteiger partial charge < -0.3 is 4.90 Å². The molecule has 1 saturated heterocycles. The first kappa shape index (κ1) is 15.0. The Kier molecular flexibility index (Phi) is 5.15. The van der Waals surface area contributed by atoms with Gasteiger partial charge in [-0.2, -0.15) is 5.26 Å². The van der Waals surface area contributed by atoms with Gasteiger partial charge in [-0.1, -0.05) is 13.8 Å². The number of rotatable bonds is 4. The van der Waals surface area contributed by atoms with Crippen LogP contribution in [0.25, 0.3) is 0 Å². The molecular formula is C14H25N3O. The monoisotopic (exact) mass is 251 g/mol. The minimum absolute atomic E-state index is 0.0263. The maximum atomic E-state index is 12.5. The summed E-state index contributed by atoms with van der Waals surface area (Å²) in [6, 6.07) is 2.77. The Morgan fingerprint density at radius 2 is 1.72 bits per heavy atom. The van der Waals surface area contributed by atoms with Crippen LogP contribution >= 0.6 is 0 Å². The molecule has 4 nitrogen and oxygen atoms in total. The fraction of sp³-hybridized carbons (Fsp3) is 0.857. The maximum absolute atomic E-state index is 12.5. The SMILES string of the molecule is CCC(C#N)(CC)C(=O)N1CCN(C(C)C)CC1. The van der Waals surface area contributed by atoms with Gasteiger partial charge in [-0.25, -0.2) is 0 Å². The third-order valence-corrected chi connectivity index (χ3v) is 4.16. The quantitative estimate of drug-likeness (QED) is 0.766. The highest BCUT2D eigenvalue weighted by molar-refractivity contribution is 5.85. The second kappa shape index (κ2) is 6.19. The van der Waals surface area contributed by atoms with Gasteiger partial charge in [0.2, 0.25) is 5.91 Å². The largest absolute Gasteiger partial charge is 0.339 e. The van der Waals surface area contributed by atoms with Gasteiger partial charge in [0.1, 0.15) is 5.41 Å². The molecule has 1 aliphatic heterocycles. The van der Waals surface area contributed by atoms with Gasteiger partial charge >= 0.3 is 0 Å². The lowest BCUT2D eigenvalue weighted by Crippen LogP contribution is -2.54. The summed E-state index contributed by atoms with van der Waals surface area (Å²) in [5.74, 6) is 0.0263. The Labute approximate surface area is 111 Å². The van der Waals surface area contributed by atoms with Gasteiger partial charge in [0, 0.05) is 32.2 Å². The molecule has 1 amide bonds. The smallest absolute Gasteiger partial charge is 0.243 e. The number of nitriles is 1. The van der Waals surface area contributed by atoms with Gasteiger partial charge in [-0.05, 0) is 26.7 Å². The molecule has 102 valence electrons. The van der Waals surface area contributed by atoms with Crippen molar-refractivity contribution in [3.63, 3.8) is 0 Å². The average molecular weight is 251 g/mol. The van der Waals surface area contributed by atoms with E-state index in [0.29, 0.717) is 18.9 Å². The molecule has 1 aliphatic rings. The lowest BCUT2D eigenvalue weighted by atomic mass is 9.82. The highest BCUT2D eigenvalue weighted by Gasteiger charge is 2.39. The van der Waals surface area contributed by atoms with Crippen molar-refractivity contribution in [1.82, 2.24) is 9.80 Å². The second-order valence-corrected chi connectivity index (χ2v) is 5.32. The molecule has 0 aromatic heterocycles. The molecular weight excluding hydrogens is 226 g/mol. The second-order valence-electron chi connectivity index (χ2n) is 5.32. The highest BCUT2D eigenvalue weighted by Crippen LogP contribution is 2.28. The maximum Gasteiger partial charge on any atom is 0.243 e. The molecule has 4 heteroatoms. The van der Waals surface area contributed by atoms with Crippen LogP contribution in [0.5, 0.6) is 0 Å². The molecule has 0 aliphatic carbocycles. The Morgan fingerprint density at radius 1 is 1.22 bits per heavy atom. The summed E-state index contributed by atoms with van der Waals surface area (Å²) >= 11 is 0. The number of hydrogen-bond acceptors (Lipinski definition) is 3. The summed E-state index contributed by atoms with van der Waals surface area (Å²) in [5.41, 5.74) is -0.806. The number of hydrogen-bond donors (Lipinski definition) is 0. The number of amides is 1.